The van der Waals surface area contributed by atoms with E-state index in [2.05, 4.69) is 14.7 Å². The lowest BCUT2D eigenvalue weighted by molar-refractivity contribution is -0.384. The van der Waals surface area contributed by atoms with E-state index >= 15 is 0 Å². The minimum absolute atomic E-state index is 0.00310. The van der Waals surface area contributed by atoms with Crippen molar-refractivity contribution in [1.82, 2.24) is 9.97 Å². The smallest absolute Gasteiger partial charge is 0.263 e. The van der Waals surface area contributed by atoms with Crippen LogP contribution >= 0.6 is 11.6 Å². The molecule has 0 fully saturated rings. The lowest BCUT2D eigenvalue weighted by atomic mass is 10.3. The zero-order chi connectivity index (χ0) is 14.8. The van der Waals surface area contributed by atoms with E-state index in [0.717, 1.165) is 24.3 Å². The molecule has 1 aromatic heterocycles. The van der Waals surface area contributed by atoms with Crippen molar-refractivity contribution < 1.29 is 13.3 Å². The Labute approximate surface area is 118 Å². The topological polar surface area (TPSA) is 115 Å². The predicted molar refractivity (Wildman–Crippen MR) is 70.9 cm³/mol. The van der Waals surface area contributed by atoms with E-state index in [1.807, 2.05) is 0 Å². The van der Waals surface area contributed by atoms with Gasteiger partial charge >= 0.3 is 0 Å². The highest BCUT2D eigenvalue weighted by Gasteiger charge is 2.16. The maximum Gasteiger partial charge on any atom is 0.269 e. The van der Waals surface area contributed by atoms with Gasteiger partial charge in [0.05, 0.1) is 9.82 Å². The first-order chi connectivity index (χ1) is 9.38. The van der Waals surface area contributed by atoms with Gasteiger partial charge in [0.2, 0.25) is 5.28 Å². The third kappa shape index (κ3) is 3.19. The molecule has 0 bridgehead atoms. The first kappa shape index (κ1) is 14.2. The van der Waals surface area contributed by atoms with E-state index in [1.165, 1.54) is 12.3 Å². The van der Waals surface area contributed by atoms with Crippen LogP contribution in [0.1, 0.15) is 0 Å². The van der Waals surface area contributed by atoms with Crippen LogP contribution in [-0.2, 0) is 10.0 Å². The van der Waals surface area contributed by atoms with Crippen LogP contribution in [0.15, 0.2) is 41.4 Å². The molecular weight excluding hydrogens is 308 g/mol. The summed E-state index contributed by atoms with van der Waals surface area (Å²) in [6.07, 6.45) is 1.29. The molecule has 0 radical (unpaired) electrons. The van der Waals surface area contributed by atoms with E-state index in [4.69, 9.17) is 11.6 Å². The highest BCUT2D eigenvalue weighted by atomic mass is 35.5. The van der Waals surface area contributed by atoms with Crippen molar-refractivity contribution in [3.63, 3.8) is 0 Å². The van der Waals surface area contributed by atoms with Gasteiger partial charge < -0.3 is 0 Å². The van der Waals surface area contributed by atoms with Crippen LogP contribution in [0, 0.1) is 10.1 Å². The SMILES string of the molecule is O=[N+]([O-])c1ccc(S(=O)(=O)Nc2ccnc(Cl)n2)cc1. The van der Waals surface area contributed by atoms with Gasteiger partial charge in [0.1, 0.15) is 5.82 Å². The first-order valence-electron chi connectivity index (χ1n) is 5.14. The number of aromatic nitrogens is 2. The molecule has 0 saturated heterocycles. The summed E-state index contributed by atoms with van der Waals surface area (Å²) in [5, 5.41) is 10.4. The number of anilines is 1. The number of nitro benzene ring substituents is 1. The molecule has 0 aliphatic carbocycles. The Hall–Kier alpha value is -2.26. The fraction of sp³-hybridized carbons (Fsp3) is 0. The van der Waals surface area contributed by atoms with Gasteiger partial charge in [0.25, 0.3) is 15.7 Å². The molecule has 104 valence electrons. The molecule has 0 spiro atoms. The third-order valence-electron chi connectivity index (χ3n) is 2.22. The second kappa shape index (κ2) is 5.39. The summed E-state index contributed by atoms with van der Waals surface area (Å²) in [6, 6.07) is 5.78. The normalized spacial score (nSPS) is 11.1. The molecule has 10 heteroatoms. The summed E-state index contributed by atoms with van der Waals surface area (Å²) in [6.45, 7) is 0. The Kier molecular flexibility index (Phi) is 3.81. The molecule has 0 atom stereocenters. The number of rotatable bonds is 4. The van der Waals surface area contributed by atoms with Crippen molar-refractivity contribution in [2.24, 2.45) is 0 Å². The van der Waals surface area contributed by atoms with Gasteiger partial charge in [0.15, 0.2) is 0 Å². The molecule has 8 nitrogen and oxygen atoms in total. The lowest BCUT2D eigenvalue weighted by Gasteiger charge is -2.06. The van der Waals surface area contributed by atoms with Gasteiger partial charge in [-0.15, -0.1) is 0 Å². The number of benzene rings is 1. The number of nitrogens with zero attached hydrogens (tertiary/aromatic N) is 3. The molecule has 2 aromatic rings. The van der Waals surface area contributed by atoms with Crippen molar-refractivity contribution in [1.29, 1.82) is 0 Å². The van der Waals surface area contributed by atoms with Crippen molar-refractivity contribution in [3.8, 4) is 0 Å². The summed E-state index contributed by atoms with van der Waals surface area (Å²) in [4.78, 5) is 17.1. The summed E-state index contributed by atoms with van der Waals surface area (Å²) in [5.41, 5.74) is -0.200. The van der Waals surface area contributed by atoms with Gasteiger partial charge in [-0.25, -0.2) is 13.4 Å². The molecule has 0 amide bonds. The average Bonchev–Trinajstić information content (AvgIpc) is 2.38. The quantitative estimate of drug-likeness (QED) is 0.523. The van der Waals surface area contributed by atoms with Crippen LogP contribution < -0.4 is 4.72 Å². The second-order valence-corrected chi connectivity index (χ2v) is 5.59. The number of hydrogen-bond donors (Lipinski definition) is 1. The molecule has 0 aliphatic heterocycles. The molecular formula is C10H7ClN4O4S. The zero-order valence-electron chi connectivity index (χ0n) is 9.72. The van der Waals surface area contributed by atoms with Crippen molar-refractivity contribution >= 4 is 33.1 Å². The molecule has 20 heavy (non-hydrogen) atoms. The summed E-state index contributed by atoms with van der Waals surface area (Å²) >= 11 is 5.54. The minimum Gasteiger partial charge on any atom is -0.263 e. The minimum atomic E-state index is -3.89. The maximum absolute atomic E-state index is 12.0. The highest BCUT2D eigenvalue weighted by Crippen LogP contribution is 2.18. The average molecular weight is 315 g/mol. The zero-order valence-corrected chi connectivity index (χ0v) is 11.3. The van der Waals surface area contributed by atoms with Gasteiger partial charge in [-0.05, 0) is 29.8 Å². The number of halogens is 1. The molecule has 0 aliphatic rings. The fourth-order valence-corrected chi connectivity index (χ4v) is 2.48. The van der Waals surface area contributed by atoms with Gasteiger partial charge in [-0.1, -0.05) is 0 Å². The molecule has 2 rings (SSSR count). The van der Waals surface area contributed by atoms with E-state index in [9.17, 15) is 18.5 Å². The predicted octanol–water partition coefficient (Wildman–Crippen LogP) is 1.84. The van der Waals surface area contributed by atoms with Crippen LogP contribution in [0.25, 0.3) is 0 Å². The largest absolute Gasteiger partial charge is 0.269 e. The maximum atomic E-state index is 12.0. The molecule has 0 unspecified atom stereocenters. The fourth-order valence-electron chi connectivity index (χ4n) is 1.34. The van der Waals surface area contributed by atoms with Crippen LogP contribution in [0.4, 0.5) is 11.5 Å². The van der Waals surface area contributed by atoms with Crippen molar-refractivity contribution in [3.05, 3.63) is 51.9 Å². The van der Waals surface area contributed by atoms with Crippen LogP contribution in [0.3, 0.4) is 0 Å². The van der Waals surface area contributed by atoms with Gasteiger partial charge in [-0.3, -0.25) is 14.8 Å². The summed E-state index contributed by atoms with van der Waals surface area (Å²) < 4.78 is 26.2. The number of nitro groups is 1. The van der Waals surface area contributed by atoms with E-state index in [1.54, 1.807) is 0 Å². The summed E-state index contributed by atoms with van der Waals surface area (Å²) in [7, 11) is -3.89. The number of sulfonamides is 1. The lowest BCUT2D eigenvalue weighted by Crippen LogP contribution is -2.14. The molecule has 1 heterocycles. The van der Waals surface area contributed by atoms with Crippen LogP contribution in [-0.4, -0.2) is 23.3 Å². The monoisotopic (exact) mass is 314 g/mol. The number of non-ortho nitro benzene ring substituents is 1. The Balaban J connectivity index is 2.28. The Morgan fingerprint density at radius 3 is 2.40 bits per heavy atom. The first-order valence-corrected chi connectivity index (χ1v) is 7.00. The van der Waals surface area contributed by atoms with E-state index in [0.29, 0.717) is 0 Å². The van der Waals surface area contributed by atoms with E-state index < -0.39 is 14.9 Å². The van der Waals surface area contributed by atoms with Crippen LogP contribution in [0.5, 0.6) is 0 Å². The second-order valence-electron chi connectivity index (χ2n) is 3.57. The molecule has 1 aromatic carbocycles. The van der Waals surface area contributed by atoms with Gasteiger partial charge in [0, 0.05) is 18.3 Å². The summed E-state index contributed by atoms with van der Waals surface area (Å²) in [5.74, 6) is 0.00310. The van der Waals surface area contributed by atoms with E-state index in [-0.39, 0.29) is 21.7 Å². The van der Waals surface area contributed by atoms with Gasteiger partial charge in [-0.2, -0.15) is 4.98 Å². The Morgan fingerprint density at radius 1 is 1.20 bits per heavy atom. The Morgan fingerprint density at radius 2 is 1.85 bits per heavy atom. The Bertz CT molecular complexity index is 748. The standard InChI is InChI=1S/C10H7ClN4O4S/c11-10-12-6-5-9(13-10)14-20(18,19)8-3-1-7(2-4-8)15(16)17/h1-6H,(H,12,13,14). The van der Waals surface area contributed by atoms with Crippen molar-refractivity contribution in [2.45, 2.75) is 4.90 Å². The highest BCUT2D eigenvalue weighted by molar-refractivity contribution is 7.92. The van der Waals surface area contributed by atoms with Crippen LogP contribution in [0.2, 0.25) is 5.28 Å². The number of hydrogen-bond acceptors (Lipinski definition) is 6. The van der Waals surface area contributed by atoms with Crippen molar-refractivity contribution in [2.75, 3.05) is 4.72 Å². The molecule has 1 N–H and O–H groups in total. The third-order valence-corrected chi connectivity index (χ3v) is 3.78. The number of nitrogens with one attached hydrogen (secondary N) is 1. The molecule has 0 saturated carbocycles.